The Labute approximate surface area is 148 Å². The Bertz CT molecular complexity index is 531. The number of amidine groups is 1. The molecular weight excluding hydrogens is 322 g/mol. The fraction of sp³-hybridized carbons (Fsp3) is 0.688. The van der Waals surface area contributed by atoms with Crippen LogP contribution in [-0.2, 0) is 16.1 Å². The smallest absolute Gasteiger partial charge is 0.243 e. The fourth-order valence-corrected chi connectivity index (χ4v) is 2.35. The average Bonchev–Trinajstić information content (AvgIpc) is 3.07. The summed E-state index contributed by atoms with van der Waals surface area (Å²) in [6.07, 6.45) is 8.73. The van der Waals surface area contributed by atoms with Gasteiger partial charge < -0.3 is 20.9 Å². The molecule has 140 valence electrons. The first-order chi connectivity index (χ1) is 12.0. The summed E-state index contributed by atoms with van der Waals surface area (Å²) in [4.78, 5) is 24.2. The normalized spacial score (nSPS) is 11.7. The molecule has 0 unspecified atom stereocenters. The van der Waals surface area contributed by atoms with Crippen molar-refractivity contribution < 1.29 is 9.59 Å². The molecule has 0 fully saturated rings. The van der Waals surface area contributed by atoms with Crippen molar-refractivity contribution in [2.75, 3.05) is 6.54 Å². The number of carbonyl (C=O) groups is 2. The Balaban J connectivity index is 2.36. The maximum Gasteiger partial charge on any atom is 0.243 e. The summed E-state index contributed by atoms with van der Waals surface area (Å²) in [6.45, 7) is 3.04. The van der Waals surface area contributed by atoms with Crippen LogP contribution in [0.1, 0.15) is 51.9 Å². The van der Waals surface area contributed by atoms with Crippen molar-refractivity contribution in [1.82, 2.24) is 25.4 Å². The predicted molar refractivity (Wildman–Crippen MR) is 94.9 cm³/mol. The zero-order chi connectivity index (χ0) is 18.5. The highest BCUT2D eigenvalue weighted by atomic mass is 16.2. The maximum atomic E-state index is 12.2. The van der Waals surface area contributed by atoms with Gasteiger partial charge in [0.05, 0.1) is 5.84 Å². The summed E-state index contributed by atoms with van der Waals surface area (Å²) < 4.78 is 1.73. The van der Waals surface area contributed by atoms with Crippen molar-refractivity contribution >= 4 is 17.6 Å². The van der Waals surface area contributed by atoms with Crippen LogP contribution in [0.15, 0.2) is 12.7 Å². The van der Waals surface area contributed by atoms with E-state index in [0.29, 0.717) is 19.5 Å². The SMILES string of the molecule is CCCCCCCC(=O)N[C@H](CC(=N)N)C(=O)NCCn1cnnc1. The molecule has 0 saturated carbocycles. The molecule has 0 aliphatic heterocycles. The van der Waals surface area contributed by atoms with Gasteiger partial charge in [-0.2, -0.15) is 0 Å². The first-order valence-electron chi connectivity index (χ1n) is 8.75. The molecule has 1 aromatic heterocycles. The monoisotopic (exact) mass is 351 g/mol. The van der Waals surface area contributed by atoms with E-state index in [0.717, 1.165) is 25.7 Å². The van der Waals surface area contributed by atoms with E-state index >= 15 is 0 Å². The van der Waals surface area contributed by atoms with Crippen LogP contribution in [0.2, 0.25) is 0 Å². The Morgan fingerprint density at radius 3 is 2.52 bits per heavy atom. The Hall–Kier alpha value is -2.45. The molecule has 0 spiro atoms. The minimum atomic E-state index is -0.818. The van der Waals surface area contributed by atoms with Crippen molar-refractivity contribution in [1.29, 1.82) is 5.41 Å². The molecule has 1 rings (SSSR count). The van der Waals surface area contributed by atoms with Crippen LogP contribution in [0.4, 0.5) is 0 Å². The van der Waals surface area contributed by atoms with Crippen LogP contribution in [0.5, 0.6) is 0 Å². The second-order valence-electron chi connectivity index (χ2n) is 6.00. The van der Waals surface area contributed by atoms with Gasteiger partial charge in [-0.1, -0.05) is 32.6 Å². The molecule has 0 saturated heterocycles. The lowest BCUT2D eigenvalue weighted by Gasteiger charge is -2.18. The molecular formula is C16H29N7O2. The van der Waals surface area contributed by atoms with E-state index in [2.05, 4.69) is 27.8 Å². The number of unbranched alkanes of at least 4 members (excludes halogenated alkanes) is 4. The zero-order valence-corrected chi connectivity index (χ0v) is 14.8. The van der Waals surface area contributed by atoms with Crippen molar-refractivity contribution in [3.05, 3.63) is 12.7 Å². The number of nitrogens with two attached hydrogens (primary N) is 1. The predicted octanol–water partition coefficient (Wildman–Crippen LogP) is 0.566. The first kappa shape index (κ1) is 20.6. The molecule has 0 aromatic carbocycles. The summed E-state index contributed by atoms with van der Waals surface area (Å²) in [7, 11) is 0. The summed E-state index contributed by atoms with van der Waals surface area (Å²) in [5.41, 5.74) is 5.40. The quantitative estimate of drug-likeness (QED) is 0.234. The molecule has 0 radical (unpaired) electrons. The fourth-order valence-electron chi connectivity index (χ4n) is 2.35. The third-order valence-corrected chi connectivity index (χ3v) is 3.72. The topological polar surface area (TPSA) is 139 Å². The van der Waals surface area contributed by atoms with Gasteiger partial charge in [-0.25, -0.2) is 0 Å². The van der Waals surface area contributed by atoms with E-state index in [1.54, 1.807) is 17.2 Å². The van der Waals surface area contributed by atoms with Gasteiger partial charge >= 0.3 is 0 Å². The molecule has 9 nitrogen and oxygen atoms in total. The van der Waals surface area contributed by atoms with E-state index < -0.39 is 6.04 Å². The zero-order valence-electron chi connectivity index (χ0n) is 14.8. The van der Waals surface area contributed by atoms with Crippen LogP contribution >= 0.6 is 0 Å². The number of nitrogens with zero attached hydrogens (tertiary/aromatic N) is 3. The van der Waals surface area contributed by atoms with Crippen molar-refractivity contribution in [3.8, 4) is 0 Å². The van der Waals surface area contributed by atoms with E-state index in [4.69, 9.17) is 11.1 Å². The standard InChI is InChI=1S/C16H29N7O2/c1-2-3-4-5-6-7-15(24)22-13(10-14(17)18)16(25)19-8-9-23-11-20-21-12-23/h11-13H,2-10H2,1H3,(H3,17,18)(H,19,25)(H,22,24)/t13-/m1/s1. The number of aromatic nitrogens is 3. The molecule has 1 aromatic rings. The minimum absolute atomic E-state index is 0.0000387. The number of hydrogen-bond acceptors (Lipinski definition) is 5. The highest BCUT2D eigenvalue weighted by Gasteiger charge is 2.21. The van der Waals surface area contributed by atoms with Gasteiger partial charge in [0.2, 0.25) is 11.8 Å². The lowest BCUT2D eigenvalue weighted by Crippen LogP contribution is -2.49. The molecule has 9 heteroatoms. The maximum absolute atomic E-state index is 12.2. The van der Waals surface area contributed by atoms with Gasteiger partial charge in [-0.3, -0.25) is 15.0 Å². The van der Waals surface area contributed by atoms with Gasteiger partial charge in [0.1, 0.15) is 18.7 Å². The number of amides is 2. The van der Waals surface area contributed by atoms with E-state index in [9.17, 15) is 9.59 Å². The minimum Gasteiger partial charge on any atom is -0.388 e. The van der Waals surface area contributed by atoms with E-state index in [1.165, 1.54) is 6.42 Å². The van der Waals surface area contributed by atoms with Crippen LogP contribution in [0.25, 0.3) is 0 Å². The Kier molecular flexibility index (Phi) is 9.88. The summed E-state index contributed by atoms with van der Waals surface area (Å²) in [6, 6.07) is -0.818. The van der Waals surface area contributed by atoms with Gasteiger partial charge in [0, 0.05) is 25.9 Å². The summed E-state index contributed by atoms with van der Waals surface area (Å²) >= 11 is 0. The van der Waals surface area contributed by atoms with Crippen molar-refractivity contribution in [3.63, 3.8) is 0 Å². The lowest BCUT2D eigenvalue weighted by molar-refractivity contribution is -0.128. The lowest BCUT2D eigenvalue weighted by atomic mass is 10.1. The first-order valence-corrected chi connectivity index (χ1v) is 8.75. The molecule has 0 aliphatic carbocycles. The van der Waals surface area contributed by atoms with Crippen LogP contribution in [-0.4, -0.2) is 45.0 Å². The Morgan fingerprint density at radius 1 is 1.20 bits per heavy atom. The molecule has 0 aliphatic rings. The van der Waals surface area contributed by atoms with E-state index in [1.807, 2.05) is 0 Å². The Morgan fingerprint density at radius 2 is 1.88 bits per heavy atom. The van der Waals surface area contributed by atoms with Gasteiger partial charge in [-0.15, -0.1) is 10.2 Å². The van der Waals surface area contributed by atoms with Crippen molar-refractivity contribution in [2.24, 2.45) is 5.73 Å². The number of carbonyl (C=O) groups excluding carboxylic acids is 2. The van der Waals surface area contributed by atoms with E-state index in [-0.39, 0.29) is 24.1 Å². The number of hydrogen-bond donors (Lipinski definition) is 4. The molecule has 5 N–H and O–H groups in total. The van der Waals surface area contributed by atoms with Crippen LogP contribution < -0.4 is 16.4 Å². The van der Waals surface area contributed by atoms with Crippen LogP contribution in [0, 0.1) is 5.41 Å². The summed E-state index contributed by atoms with van der Waals surface area (Å²) in [5, 5.41) is 20.2. The highest BCUT2D eigenvalue weighted by molar-refractivity contribution is 5.92. The third-order valence-electron chi connectivity index (χ3n) is 3.72. The second-order valence-corrected chi connectivity index (χ2v) is 6.00. The third kappa shape index (κ3) is 9.43. The average molecular weight is 351 g/mol. The van der Waals surface area contributed by atoms with Gasteiger partial charge in [0.15, 0.2) is 0 Å². The molecule has 25 heavy (non-hydrogen) atoms. The molecule has 2 amide bonds. The second kappa shape index (κ2) is 12.0. The highest BCUT2D eigenvalue weighted by Crippen LogP contribution is 2.05. The van der Waals surface area contributed by atoms with Gasteiger partial charge in [0.25, 0.3) is 0 Å². The van der Waals surface area contributed by atoms with Crippen molar-refractivity contribution in [2.45, 2.75) is 64.5 Å². The number of rotatable bonds is 13. The van der Waals surface area contributed by atoms with Gasteiger partial charge in [-0.05, 0) is 6.42 Å². The molecule has 1 heterocycles. The van der Waals surface area contributed by atoms with Crippen LogP contribution in [0.3, 0.4) is 0 Å². The largest absolute Gasteiger partial charge is 0.388 e. The molecule has 1 atom stereocenters. The summed E-state index contributed by atoms with van der Waals surface area (Å²) in [5.74, 6) is -0.665. The molecule has 0 bridgehead atoms. The number of nitrogens with one attached hydrogen (secondary N) is 3.